The molecule has 1 amide bonds. The summed E-state index contributed by atoms with van der Waals surface area (Å²) in [6, 6.07) is 10.4. The Hall–Kier alpha value is -2.23. The van der Waals surface area contributed by atoms with Crippen LogP contribution in [0.4, 0.5) is 4.39 Å². The highest BCUT2D eigenvalue weighted by Gasteiger charge is 2.21. The second-order valence-corrected chi connectivity index (χ2v) is 6.53. The molecule has 0 fully saturated rings. The molecule has 128 valence electrons. The van der Waals surface area contributed by atoms with Crippen LogP contribution < -0.4 is 0 Å². The fraction of sp³-hybridized carbons (Fsp3) is 0.400. The first kappa shape index (κ1) is 18.1. The minimum Gasteiger partial charge on any atom is -0.345 e. The smallest absolute Gasteiger partial charge is 0.222 e. The van der Waals surface area contributed by atoms with Crippen molar-refractivity contribution in [3.8, 4) is 0 Å². The van der Waals surface area contributed by atoms with Gasteiger partial charge in [0.15, 0.2) is 0 Å². The zero-order valence-corrected chi connectivity index (χ0v) is 14.6. The molecule has 4 heteroatoms. The summed E-state index contributed by atoms with van der Waals surface area (Å²) in [6.45, 7) is 4.87. The Kier molecular flexibility index (Phi) is 6.47. The Bertz CT molecular complexity index is 640. The summed E-state index contributed by atoms with van der Waals surface area (Å²) in [4.78, 5) is 18.3. The maximum Gasteiger partial charge on any atom is 0.222 e. The summed E-state index contributed by atoms with van der Waals surface area (Å²) in [6.07, 6.45) is 4.78. The molecule has 0 saturated heterocycles. The number of nitrogens with zero attached hydrogens (tertiary/aromatic N) is 2. The number of halogens is 1. The number of aromatic nitrogens is 1. The van der Waals surface area contributed by atoms with E-state index in [1.807, 2.05) is 19.2 Å². The van der Waals surface area contributed by atoms with Gasteiger partial charge >= 0.3 is 0 Å². The van der Waals surface area contributed by atoms with Gasteiger partial charge in [-0.25, -0.2) is 4.39 Å². The van der Waals surface area contributed by atoms with Gasteiger partial charge in [-0.15, -0.1) is 0 Å². The molecule has 0 aliphatic heterocycles. The van der Waals surface area contributed by atoms with Crippen LogP contribution in [0.15, 0.2) is 48.8 Å². The second-order valence-electron chi connectivity index (χ2n) is 6.53. The van der Waals surface area contributed by atoms with E-state index in [-0.39, 0.29) is 17.6 Å². The lowest BCUT2D eigenvalue weighted by molar-refractivity contribution is -0.130. The van der Waals surface area contributed by atoms with E-state index in [9.17, 15) is 9.18 Å². The van der Waals surface area contributed by atoms with Crippen molar-refractivity contribution in [3.63, 3.8) is 0 Å². The lowest BCUT2D eigenvalue weighted by Gasteiger charge is -2.24. The van der Waals surface area contributed by atoms with Gasteiger partial charge in [0.25, 0.3) is 0 Å². The number of likely N-dealkylation sites (N-methyl/N-ethyl adjacent to an activating group) is 1. The molecule has 24 heavy (non-hydrogen) atoms. The monoisotopic (exact) mass is 328 g/mol. The first-order valence-corrected chi connectivity index (χ1v) is 8.35. The molecule has 1 aromatic carbocycles. The molecule has 1 aromatic heterocycles. The van der Waals surface area contributed by atoms with Gasteiger partial charge in [-0.3, -0.25) is 9.78 Å². The molecular weight excluding hydrogens is 303 g/mol. The van der Waals surface area contributed by atoms with E-state index in [1.165, 1.54) is 17.7 Å². The van der Waals surface area contributed by atoms with Crippen LogP contribution in [0.3, 0.4) is 0 Å². The van der Waals surface area contributed by atoms with Crippen molar-refractivity contribution in [2.75, 3.05) is 13.6 Å². The zero-order chi connectivity index (χ0) is 17.5. The van der Waals surface area contributed by atoms with Gasteiger partial charge in [-0.2, -0.15) is 0 Å². The lowest BCUT2D eigenvalue weighted by Crippen LogP contribution is -2.30. The Morgan fingerprint density at radius 2 is 1.75 bits per heavy atom. The normalized spacial score (nSPS) is 12.2. The lowest BCUT2D eigenvalue weighted by atomic mass is 9.85. The number of carbonyl (C=O) groups is 1. The molecule has 3 nitrogen and oxygen atoms in total. The Morgan fingerprint density at radius 1 is 1.12 bits per heavy atom. The van der Waals surface area contributed by atoms with E-state index in [4.69, 9.17) is 0 Å². The third kappa shape index (κ3) is 5.15. The van der Waals surface area contributed by atoms with Gasteiger partial charge in [-0.1, -0.05) is 26.0 Å². The van der Waals surface area contributed by atoms with Crippen LogP contribution in [0.1, 0.15) is 37.3 Å². The number of rotatable bonds is 7. The Balaban J connectivity index is 1.95. The molecule has 0 N–H and O–H groups in total. The van der Waals surface area contributed by atoms with E-state index in [2.05, 4.69) is 18.8 Å². The van der Waals surface area contributed by atoms with Crippen molar-refractivity contribution in [1.82, 2.24) is 9.88 Å². The molecule has 0 aliphatic carbocycles. The quantitative estimate of drug-likeness (QED) is 0.768. The molecule has 0 spiro atoms. The molecule has 1 unspecified atom stereocenters. The summed E-state index contributed by atoms with van der Waals surface area (Å²) >= 11 is 0. The molecule has 0 bridgehead atoms. The minimum absolute atomic E-state index is 0.0986. The highest BCUT2D eigenvalue weighted by molar-refractivity contribution is 5.76. The molecule has 2 aromatic rings. The van der Waals surface area contributed by atoms with Crippen LogP contribution >= 0.6 is 0 Å². The van der Waals surface area contributed by atoms with Crippen molar-refractivity contribution >= 4 is 5.91 Å². The van der Waals surface area contributed by atoms with Gasteiger partial charge in [-0.05, 0) is 53.6 Å². The van der Waals surface area contributed by atoms with E-state index in [1.54, 1.807) is 29.4 Å². The molecule has 0 aliphatic rings. The fourth-order valence-electron chi connectivity index (χ4n) is 2.76. The SMILES string of the molecule is CC(C)C(CC(=O)N(C)CCc1ccncc1)c1ccc(F)cc1. The number of benzene rings is 1. The van der Waals surface area contributed by atoms with Crippen LogP contribution in [-0.2, 0) is 11.2 Å². The third-order valence-electron chi connectivity index (χ3n) is 4.41. The van der Waals surface area contributed by atoms with Crippen LogP contribution in [0.25, 0.3) is 0 Å². The van der Waals surface area contributed by atoms with Crippen LogP contribution in [0, 0.1) is 11.7 Å². The molecule has 2 rings (SSSR count). The summed E-state index contributed by atoms with van der Waals surface area (Å²) in [5, 5.41) is 0. The van der Waals surface area contributed by atoms with Crippen molar-refractivity contribution in [2.24, 2.45) is 5.92 Å². The number of hydrogen-bond donors (Lipinski definition) is 0. The van der Waals surface area contributed by atoms with Gasteiger partial charge in [0, 0.05) is 32.4 Å². The first-order chi connectivity index (χ1) is 11.5. The van der Waals surface area contributed by atoms with Crippen molar-refractivity contribution < 1.29 is 9.18 Å². The maximum atomic E-state index is 13.1. The van der Waals surface area contributed by atoms with E-state index in [0.717, 1.165) is 12.0 Å². The third-order valence-corrected chi connectivity index (χ3v) is 4.41. The average molecular weight is 328 g/mol. The van der Waals surface area contributed by atoms with Crippen molar-refractivity contribution in [1.29, 1.82) is 0 Å². The number of carbonyl (C=O) groups excluding carboxylic acids is 1. The Labute approximate surface area is 143 Å². The van der Waals surface area contributed by atoms with E-state index in [0.29, 0.717) is 18.9 Å². The number of amides is 1. The van der Waals surface area contributed by atoms with Crippen molar-refractivity contribution in [2.45, 2.75) is 32.6 Å². The second kappa shape index (κ2) is 8.57. The standard InChI is InChI=1S/C20H25FN2O/c1-15(2)19(17-4-6-18(21)7-5-17)14-20(24)23(3)13-10-16-8-11-22-12-9-16/h4-9,11-12,15,19H,10,13-14H2,1-3H3. The maximum absolute atomic E-state index is 13.1. The first-order valence-electron chi connectivity index (χ1n) is 8.35. The predicted octanol–water partition coefficient (Wildman–Crippen LogP) is 4.05. The topological polar surface area (TPSA) is 33.2 Å². The van der Waals surface area contributed by atoms with Crippen LogP contribution in [0.5, 0.6) is 0 Å². The molecule has 0 saturated carbocycles. The summed E-state index contributed by atoms with van der Waals surface area (Å²) in [5.41, 5.74) is 2.19. The van der Waals surface area contributed by atoms with Gasteiger partial charge < -0.3 is 4.90 Å². The van der Waals surface area contributed by atoms with Gasteiger partial charge in [0.1, 0.15) is 5.82 Å². The molecule has 1 heterocycles. The summed E-state index contributed by atoms with van der Waals surface area (Å²) in [5.74, 6) is 0.281. The largest absolute Gasteiger partial charge is 0.345 e. The van der Waals surface area contributed by atoms with Gasteiger partial charge in [0.05, 0.1) is 0 Å². The van der Waals surface area contributed by atoms with E-state index < -0.39 is 0 Å². The highest BCUT2D eigenvalue weighted by Crippen LogP contribution is 2.28. The molecular formula is C20H25FN2O. The highest BCUT2D eigenvalue weighted by atomic mass is 19.1. The molecule has 0 radical (unpaired) electrons. The molecule has 1 atom stereocenters. The minimum atomic E-state index is -0.248. The average Bonchev–Trinajstić information content (AvgIpc) is 2.59. The van der Waals surface area contributed by atoms with Crippen LogP contribution in [-0.4, -0.2) is 29.4 Å². The van der Waals surface area contributed by atoms with Crippen LogP contribution in [0.2, 0.25) is 0 Å². The fourth-order valence-corrected chi connectivity index (χ4v) is 2.76. The summed E-state index contributed by atoms with van der Waals surface area (Å²) in [7, 11) is 1.84. The van der Waals surface area contributed by atoms with Crippen molar-refractivity contribution in [3.05, 3.63) is 65.7 Å². The van der Waals surface area contributed by atoms with E-state index >= 15 is 0 Å². The zero-order valence-electron chi connectivity index (χ0n) is 14.6. The van der Waals surface area contributed by atoms with Gasteiger partial charge in [0.2, 0.25) is 5.91 Å². The summed E-state index contributed by atoms with van der Waals surface area (Å²) < 4.78 is 13.1. The number of pyridine rings is 1. The predicted molar refractivity (Wildman–Crippen MR) is 94.2 cm³/mol. The Morgan fingerprint density at radius 3 is 2.33 bits per heavy atom. The number of hydrogen-bond acceptors (Lipinski definition) is 2.